The van der Waals surface area contributed by atoms with Crippen LogP contribution >= 0.6 is 0 Å². The first-order chi connectivity index (χ1) is 13.9. The molecule has 0 fully saturated rings. The van der Waals surface area contributed by atoms with E-state index in [0.717, 1.165) is 12.0 Å². The Labute approximate surface area is 172 Å². The van der Waals surface area contributed by atoms with Gasteiger partial charge in [-0.3, -0.25) is 4.79 Å². The van der Waals surface area contributed by atoms with Crippen LogP contribution in [-0.4, -0.2) is 40.7 Å². The van der Waals surface area contributed by atoms with Crippen LogP contribution < -0.4 is 14.8 Å². The van der Waals surface area contributed by atoms with Crippen LogP contribution in [0.2, 0.25) is 0 Å². The maximum Gasteiger partial charge on any atom is 0.257 e. The molecule has 2 N–H and O–H groups in total. The number of rotatable bonds is 12. The van der Waals surface area contributed by atoms with Gasteiger partial charge in [-0.2, -0.15) is 0 Å². The lowest BCUT2D eigenvalue weighted by Crippen LogP contribution is -2.30. The van der Waals surface area contributed by atoms with E-state index in [-0.39, 0.29) is 23.5 Å². The van der Waals surface area contributed by atoms with Crippen LogP contribution in [0.15, 0.2) is 59.5 Å². The highest BCUT2D eigenvalue weighted by Gasteiger charge is 2.18. The van der Waals surface area contributed by atoms with Crippen LogP contribution in [0.4, 0.5) is 0 Å². The number of carbonyl (C=O) groups excluding carboxylic acids is 1. The SMILES string of the molecule is CCOCCCNC(=O)COc1ccc(S(=O)(=O)NC(C)c2ccccc2)cc1. The predicted molar refractivity (Wildman–Crippen MR) is 111 cm³/mol. The Balaban J connectivity index is 1.83. The van der Waals surface area contributed by atoms with Crippen molar-refractivity contribution in [3.8, 4) is 5.75 Å². The Morgan fingerprint density at radius 3 is 2.41 bits per heavy atom. The highest BCUT2D eigenvalue weighted by atomic mass is 32.2. The number of ether oxygens (including phenoxy) is 2. The Morgan fingerprint density at radius 2 is 1.76 bits per heavy atom. The van der Waals surface area contributed by atoms with Gasteiger partial charge in [-0.05, 0) is 50.1 Å². The maximum absolute atomic E-state index is 12.6. The van der Waals surface area contributed by atoms with Crippen molar-refractivity contribution in [3.63, 3.8) is 0 Å². The van der Waals surface area contributed by atoms with Gasteiger partial charge < -0.3 is 14.8 Å². The zero-order valence-electron chi connectivity index (χ0n) is 16.8. The molecular weight excluding hydrogens is 392 g/mol. The van der Waals surface area contributed by atoms with Crippen LogP contribution in [0, 0.1) is 0 Å². The smallest absolute Gasteiger partial charge is 0.257 e. The van der Waals surface area contributed by atoms with Gasteiger partial charge in [0.2, 0.25) is 10.0 Å². The van der Waals surface area contributed by atoms with Gasteiger partial charge in [0.25, 0.3) is 5.91 Å². The Bertz CT molecular complexity index is 854. The molecule has 0 spiro atoms. The lowest BCUT2D eigenvalue weighted by Gasteiger charge is -2.15. The van der Waals surface area contributed by atoms with Crippen molar-refractivity contribution < 1.29 is 22.7 Å². The van der Waals surface area contributed by atoms with Crippen LogP contribution in [0.25, 0.3) is 0 Å². The lowest BCUT2D eigenvalue weighted by molar-refractivity contribution is -0.123. The monoisotopic (exact) mass is 420 g/mol. The molecule has 0 aromatic heterocycles. The maximum atomic E-state index is 12.6. The quantitative estimate of drug-likeness (QED) is 0.515. The van der Waals surface area contributed by atoms with Crippen molar-refractivity contribution in [2.24, 2.45) is 0 Å². The number of sulfonamides is 1. The van der Waals surface area contributed by atoms with Gasteiger partial charge in [0, 0.05) is 25.8 Å². The number of hydrogen-bond donors (Lipinski definition) is 2. The number of nitrogens with one attached hydrogen (secondary N) is 2. The summed E-state index contributed by atoms with van der Waals surface area (Å²) in [6.45, 7) is 5.35. The minimum Gasteiger partial charge on any atom is -0.484 e. The number of benzene rings is 2. The van der Waals surface area contributed by atoms with Crippen molar-refractivity contribution in [2.45, 2.75) is 31.2 Å². The molecule has 8 heteroatoms. The molecule has 1 amide bonds. The summed E-state index contributed by atoms with van der Waals surface area (Å²) in [5.74, 6) is 0.182. The molecule has 0 aliphatic rings. The molecule has 29 heavy (non-hydrogen) atoms. The third-order valence-electron chi connectivity index (χ3n) is 4.13. The third kappa shape index (κ3) is 7.84. The molecule has 158 valence electrons. The molecule has 0 aliphatic heterocycles. The summed E-state index contributed by atoms with van der Waals surface area (Å²) in [7, 11) is -3.67. The van der Waals surface area contributed by atoms with Crippen molar-refractivity contribution >= 4 is 15.9 Å². The Hall–Kier alpha value is -2.42. The molecule has 0 radical (unpaired) electrons. The summed E-state index contributed by atoms with van der Waals surface area (Å²) in [5, 5.41) is 2.73. The average molecular weight is 421 g/mol. The molecule has 0 bridgehead atoms. The van der Waals surface area contributed by atoms with E-state index >= 15 is 0 Å². The molecular formula is C21H28N2O5S. The fourth-order valence-electron chi connectivity index (χ4n) is 2.57. The average Bonchev–Trinajstić information content (AvgIpc) is 2.72. The van der Waals surface area contributed by atoms with Crippen molar-refractivity contribution in [1.29, 1.82) is 0 Å². The fourth-order valence-corrected chi connectivity index (χ4v) is 3.80. The van der Waals surface area contributed by atoms with Gasteiger partial charge in [0.1, 0.15) is 5.75 Å². The number of amides is 1. The second-order valence-electron chi connectivity index (χ2n) is 6.41. The van der Waals surface area contributed by atoms with Gasteiger partial charge >= 0.3 is 0 Å². The minimum absolute atomic E-state index is 0.132. The first-order valence-electron chi connectivity index (χ1n) is 9.57. The summed E-state index contributed by atoms with van der Waals surface area (Å²) in [4.78, 5) is 11.9. The lowest BCUT2D eigenvalue weighted by atomic mass is 10.1. The minimum atomic E-state index is -3.67. The molecule has 7 nitrogen and oxygen atoms in total. The topological polar surface area (TPSA) is 93.7 Å². The van der Waals surface area contributed by atoms with Crippen LogP contribution in [-0.2, 0) is 19.6 Å². The van der Waals surface area contributed by atoms with Gasteiger partial charge in [0.05, 0.1) is 4.90 Å². The van der Waals surface area contributed by atoms with Crippen LogP contribution in [0.1, 0.15) is 31.9 Å². The molecule has 0 heterocycles. The second-order valence-corrected chi connectivity index (χ2v) is 8.13. The fraction of sp³-hybridized carbons (Fsp3) is 0.381. The predicted octanol–water partition coefficient (Wildman–Crippen LogP) is 2.65. The van der Waals surface area contributed by atoms with Gasteiger partial charge in [0.15, 0.2) is 6.61 Å². The van der Waals surface area contributed by atoms with Crippen molar-refractivity contribution in [2.75, 3.05) is 26.4 Å². The number of hydrogen-bond acceptors (Lipinski definition) is 5. The summed E-state index contributed by atoms with van der Waals surface area (Å²) < 4.78 is 38.4. The van der Waals surface area contributed by atoms with Crippen molar-refractivity contribution in [3.05, 3.63) is 60.2 Å². The highest BCUT2D eigenvalue weighted by molar-refractivity contribution is 7.89. The Kier molecular flexibility index (Phi) is 9.11. The van der Waals surface area contributed by atoms with Crippen LogP contribution in [0.3, 0.4) is 0 Å². The first-order valence-corrected chi connectivity index (χ1v) is 11.0. The van der Waals surface area contributed by atoms with E-state index in [2.05, 4.69) is 10.0 Å². The van der Waals surface area contributed by atoms with Crippen molar-refractivity contribution in [1.82, 2.24) is 10.0 Å². The standard InChI is InChI=1S/C21H28N2O5S/c1-3-27-15-7-14-22-21(24)16-28-19-10-12-20(13-11-19)29(25,26)23-17(2)18-8-5-4-6-9-18/h4-6,8-13,17,23H,3,7,14-16H2,1-2H3,(H,22,24). The molecule has 0 aliphatic carbocycles. The molecule has 2 rings (SSSR count). The van der Waals surface area contributed by atoms with Gasteiger partial charge in [-0.1, -0.05) is 30.3 Å². The first kappa shape index (κ1) is 22.9. The second kappa shape index (κ2) is 11.5. The number of carbonyl (C=O) groups is 1. The zero-order valence-corrected chi connectivity index (χ0v) is 17.6. The molecule has 2 aromatic rings. The molecule has 2 aromatic carbocycles. The molecule has 0 saturated heterocycles. The summed E-state index contributed by atoms with van der Waals surface area (Å²) >= 11 is 0. The molecule has 1 atom stereocenters. The van der Waals surface area contributed by atoms with E-state index in [9.17, 15) is 13.2 Å². The zero-order chi connectivity index (χ0) is 21.1. The largest absolute Gasteiger partial charge is 0.484 e. The van der Waals surface area contributed by atoms with E-state index in [4.69, 9.17) is 9.47 Å². The van der Waals surface area contributed by atoms with Gasteiger partial charge in [-0.25, -0.2) is 13.1 Å². The van der Waals surface area contributed by atoms with E-state index < -0.39 is 10.0 Å². The van der Waals surface area contributed by atoms with E-state index in [1.807, 2.05) is 37.3 Å². The van der Waals surface area contributed by atoms with E-state index in [1.54, 1.807) is 6.92 Å². The van der Waals surface area contributed by atoms with E-state index in [1.165, 1.54) is 24.3 Å². The van der Waals surface area contributed by atoms with E-state index in [0.29, 0.717) is 25.5 Å². The summed E-state index contributed by atoms with van der Waals surface area (Å²) in [6, 6.07) is 15.0. The molecule has 1 unspecified atom stereocenters. The third-order valence-corrected chi connectivity index (χ3v) is 5.68. The summed E-state index contributed by atoms with van der Waals surface area (Å²) in [5.41, 5.74) is 0.878. The summed E-state index contributed by atoms with van der Waals surface area (Å²) in [6.07, 6.45) is 0.737. The molecule has 0 saturated carbocycles. The van der Waals surface area contributed by atoms with Gasteiger partial charge in [-0.15, -0.1) is 0 Å². The highest BCUT2D eigenvalue weighted by Crippen LogP contribution is 2.19. The Morgan fingerprint density at radius 1 is 1.07 bits per heavy atom. The van der Waals surface area contributed by atoms with Crippen LogP contribution in [0.5, 0.6) is 5.75 Å². The normalized spacial score (nSPS) is 12.3.